The average Bonchev–Trinajstić information content (AvgIpc) is 2.48. The minimum absolute atomic E-state index is 0.0328. The first-order valence-electron chi connectivity index (χ1n) is 6.76. The predicted octanol–water partition coefficient (Wildman–Crippen LogP) is 2.85. The van der Waals surface area contributed by atoms with E-state index in [1.165, 1.54) is 5.56 Å². The number of hydrogen-bond donors (Lipinski definition) is 1. The van der Waals surface area contributed by atoms with Crippen LogP contribution in [-0.2, 0) is 11.2 Å². The van der Waals surface area contributed by atoms with E-state index in [0.717, 1.165) is 18.7 Å². The largest absolute Gasteiger partial charge is 0.325 e. The number of amides is 1. The van der Waals surface area contributed by atoms with Crippen molar-refractivity contribution in [2.24, 2.45) is 0 Å². The van der Waals surface area contributed by atoms with Crippen LogP contribution >= 0.6 is 11.6 Å². The first-order valence-corrected chi connectivity index (χ1v) is 7.14. The Bertz CT molecular complexity index is 572. The van der Waals surface area contributed by atoms with E-state index in [9.17, 15) is 4.79 Å². The minimum atomic E-state index is -0.0328. The molecule has 0 saturated heterocycles. The van der Waals surface area contributed by atoms with Gasteiger partial charge < -0.3 is 5.32 Å². The second-order valence-electron chi connectivity index (χ2n) is 4.90. The monoisotopic (exact) mass is 303 g/mol. The lowest BCUT2D eigenvalue weighted by molar-refractivity contribution is -0.117. The summed E-state index contributed by atoms with van der Waals surface area (Å²) in [6.45, 7) is 1.17. The molecule has 1 aromatic carbocycles. The summed E-state index contributed by atoms with van der Waals surface area (Å²) in [4.78, 5) is 17.9. The summed E-state index contributed by atoms with van der Waals surface area (Å²) in [6, 6.07) is 11.1. The highest BCUT2D eigenvalue weighted by atomic mass is 35.5. The van der Waals surface area contributed by atoms with E-state index >= 15 is 0 Å². The molecule has 0 radical (unpaired) electrons. The van der Waals surface area contributed by atoms with Crippen molar-refractivity contribution in [3.8, 4) is 0 Å². The smallest absolute Gasteiger partial charge is 0.238 e. The number of nitrogens with one attached hydrogen (secondary N) is 1. The van der Waals surface area contributed by atoms with Crippen molar-refractivity contribution in [1.29, 1.82) is 0 Å². The highest BCUT2D eigenvalue weighted by Crippen LogP contribution is 2.13. The molecular weight excluding hydrogens is 286 g/mol. The van der Waals surface area contributed by atoms with E-state index in [4.69, 9.17) is 11.6 Å². The van der Waals surface area contributed by atoms with E-state index in [1.54, 1.807) is 36.7 Å². The van der Waals surface area contributed by atoms with Crippen LogP contribution in [0.3, 0.4) is 0 Å². The maximum absolute atomic E-state index is 11.9. The molecule has 0 bridgehead atoms. The number of benzene rings is 1. The number of pyridine rings is 1. The van der Waals surface area contributed by atoms with Crippen LogP contribution in [0.25, 0.3) is 0 Å². The highest BCUT2D eigenvalue weighted by molar-refractivity contribution is 6.30. The first-order chi connectivity index (χ1) is 10.1. The van der Waals surface area contributed by atoms with Crippen LogP contribution in [0, 0.1) is 0 Å². The molecule has 0 unspecified atom stereocenters. The van der Waals surface area contributed by atoms with Gasteiger partial charge in [-0.1, -0.05) is 11.6 Å². The van der Waals surface area contributed by atoms with E-state index in [0.29, 0.717) is 11.6 Å². The van der Waals surface area contributed by atoms with Gasteiger partial charge in [0.1, 0.15) is 0 Å². The number of rotatable bonds is 6. The zero-order valence-corrected chi connectivity index (χ0v) is 12.7. The molecular formula is C16H18ClN3O. The molecule has 1 heterocycles. The Morgan fingerprint density at radius 1 is 1.19 bits per heavy atom. The molecule has 1 N–H and O–H groups in total. The molecule has 5 heteroatoms. The van der Waals surface area contributed by atoms with Gasteiger partial charge in [-0.05, 0) is 55.4 Å². The lowest BCUT2D eigenvalue weighted by Gasteiger charge is -2.16. The van der Waals surface area contributed by atoms with Gasteiger partial charge in [0.2, 0.25) is 5.91 Å². The third-order valence-electron chi connectivity index (χ3n) is 3.07. The lowest BCUT2D eigenvalue weighted by atomic mass is 10.2. The van der Waals surface area contributed by atoms with Gasteiger partial charge in [0.15, 0.2) is 0 Å². The number of anilines is 1. The van der Waals surface area contributed by atoms with Gasteiger partial charge in [0.25, 0.3) is 0 Å². The van der Waals surface area contributed by atoms with Crippen LogP contribution in [0.2, 0.25) is 5.02 Å². The molecule has 0 aliphatic rings. The topological polar surface area (TPSA) is 45.2 Å². The van der Waals surface area contributed by atoms with Crippen molar-refractivity contribution in [3.05, 3.63) is 59.4 Å². The van der Waals surface area contributed by atoms with Gasteiger partial charge in [-0.3, -0.25) is 14.7 Å². The van der Waals surface area contributed by atoms with Crippen molar-refractivity contribution in [1.82, 2.24) is 9.88 Å². The number of nitrogens with zero attached hydrogens (tertiary/aromatic N) is 2. The number of hydrogen-bond acceptors (Lipinski definition) is 3. The summed E-state index contributed by atoms with van der Waals surface area (Å²) in [5.74, 6) is -0.0328. The summed E-state index contributed by atoms with van der Waals surface area (Å²) >= 11 is 5.81. The molecule has 2 aromatic rings. The van der Waals surface area contributed by atoms with Gasteiger partial charge >= 0.3 is 0 Å². The fraction of sp³-hybridized carbons (Fsp3) is 0.250. The average molecular weight is 304 g/mol. The summed E-state index contributed by atoms with van der Waals surface area (Å²) in [6.07, 6.45) is 4.46. The molecule has 0 spiro atoms. The second-order valence-corrected chi connectivity index (χ2v) is 5.33. The zero-order chi connectivity index (χ0) is 15.1. The molecule has 0 atom stereocenters. The lowest BCUT2D eigenvalue weighted by Crippen LogP contribution is -2.31. The van der Waals surface area contributed by atoms with E-state index < -0.39 is 0 Å². The Morgan fingerprint density at radius 2 is 1.86 bits per heavy atom. The van der Waals surface area contributed by atoms with Gasteiger partial charge in [-0.2, -0.15) is 0 Å². The van der Waals surface area contributed by atoms with Crippen LogP contribution < -0.4 is 5.32 Å². The fourth-order valence-corrected chi connectivity index (χ4v) is 2.05. The van der Waals surface area contributed by atoms with Gasteiger partial charge in [-0.15, -0.1) is 0 Å². The number of halogens is 1. The molecule has 2 rings (SSSR count). The standard InChI is InChI=1S/C16H18ClN3O/c1-20(11-8-13-6-9-18-10-7-13)12-16(21)19-15-4-2-14(17)3-5-15/h2-7,9-10H,8,11-12H2,1H3,(H,19,21). The van der Waals surface area contributed by atoms with Crippen LogP contribution in [-0.4, -0.2) is 35.9 Å². The van der Waals surface area contributed by atoms with Gasteiger partial charge in [0.05, 0.1) is 6.54 Å². The second kappa shape index (κ2) is 7.76. The van der Waals surface area contributed by atoms with Crippen LogP contribution in [0.1, 0.15) is 5.56 Å². The fourth-order valence-electron chi connectivity index (χ4n) is 1.93. The molecule has 1 aromatic heterocycles. The Kier molecular flexibility index (Phi) is 5.72. The molecule has 0 aliphatic carbocycles. The quantitative estimate of drug-likeness (QED) is 0.892. The van der Waals surface area contributed by atoms with Crippen LogP contribution in [0.4, 0.5) is 5.69 Å². The third-order valence-corrected chi connectivity index (χ3v) is 3.33. The Labute approximate surface area is 129 Å². The van der Waals surface area contributed by atoms with Crippen molar-refractivity contribution in [2.75, 3.05) is 25.5 Å². The molecule has 110 valence electrons. The number of carbonyl (C=O) groups excluding carboxylic acids is 1. The minimum Gasteiger partial charge on any atom is -0.325 e. The molecule has 0 fully saturated rings. The molecule has 1 amide bonds. The molecule has 0 aliphatic heterocycles. The van der Waals surface area contributed by atoms with Crippen molar-refractivity contribution in [3.63, 3.8) is 0 Å². The Morgan fingerprint density at radius 3 is 2.52 bits per heavy atom. The van der Waals surface area contributed by atoms with Crippen molar-refractivity contribution >= 4 is 23.2 Å². The Hall–Kier alpha value is -1.91. The SMILES string of the molecule is CN(CCc1ccncc1)CC(=O)Nc1ccc(Cl)cc1. The maximum atomic E-state index is 11.9. The summed E-state index contributed by atoms with van der Waals surface area (Å²) in [5.41, 5.74) is 1.97. The molecule has 21 heavy (non-hydrogen) atoms. The van der Waals surface area contributed by atoms with Crippen molar-refractivity contribution in [2.45, 2.75) is 6.42 Å². The van der Waals surface area contributed by atoms with Gasteiger partial charge in [-0.25, -0.2) is 0 Å². The summed E-state index contributed by atoms with van der Waals surface area (Å²) < 4.78 is 0. The highest BCUT2D eigenvalue weighted by Gasteiger charge is 2.07. The number of aromatic nitrogens is 1. The van der Waals surface area contributed by atoms with Gasteiger partial charge in [0, 0.05) is 29.6 Å². The zero-order valence-electron chi connectivity index (χ0n) is 11.9. The molecule has 4 nitrogen and oxygen atoms in total. The number of carbonyl (C=O) groups is 1. The molecule has 0 saturated carbocycles. The summed E-state index contributed by atoms with van der Waals surface area (Å²) in [7, 11) is 1.93. The van der Waals surface area contributed by atoms with Crippen molar-refractivity contribution < 1.29 is 4.79 Å². The normalized spacial score (nSPS) is 10.6. The third kappa shape index (κ3) is 5.53. The Balaban J connectivity index is 1.75. The van der Waals surface area contributed by atoms with Crippen LogP contribution in [0.5, 0.6) is 0 Å². The van der Waals surface area contributed by atoms with Crippen LogP contribution in [0.15, 0.2) is 48.8 Å². The summed E-state index contributed by atoms with van der Waals surface area (Å²) in [5, 5.41) is 3.50. The number of likely N-dealkylation sites (N-methyl/N-ethyl adjacent to an activating group) is 1. The van der Waals surface area contributed by atoms with E-state index in [2.05, 4.69) is 10.3 Å². The van der Waals surface area contributed by atoms with E-state index in [1.807, 2.05) is 24.1 Å². The maximum Gasteiger partial charge on any atom is 0.238 e. The predicted molar refractivity (Wildman–Crippen MR) is 85.5 cm³/mol. The van der Waals surface area contributed by atoms with E-state index in [-0.39, 0.29) is 5.91 Å². The first kappa shape index (κ1) is 15.5.